The molecule has 16 heavy (non-hydrogen) atoms. The highest BCUT2D eigenvalue weighted by Gasteiger charge is 2.23. The Kier molecular flexibility index (Phi) is 6.39. The van der Waals surface area contributed by atoms with E-state index < -0.39 is 29.9 Å². The molecule has 0 fully saturated rings. The van der Waals surface area contributed by atoms with Gasteiger partial charge in [-0.2, -0.15) is 11.8 Å². The van der Waals surface area contributed by atoms with Gasteiger partial charge in [0.1, 0.15) is 0 Å². The standard InChI is InChI=1S/C9H18N2O4S/c1-9(15,5-16-2)4-11-8(14)6(10)3-7(12)13/h6,15H,3-5,10H2,1-2H3,(H,11,14)(H,12,13). The third-order valence-corrected chi connectivity index (χ3v) is 2.74. The van der Waals surface area contributed by atoms with Crippen LogP contribution >= 0.6 is 11.8 Å². The monoisotopic (exact) mass is 250 g/mol. The van der Waals surface area contributed by atoms with Crippen molar-refractivity contribution < 1.29 is 19.8 Å². The number of thioether (sulfide) groups is 1. The van der Waals surface area contributed by atoms with Crippen molar-refractivity contribution in [2.75, 3.05) is 18.6 Å². The SMILES string of the molecule is CSCC(C)(O)CNC(=O)C(N)CC(=O)O. The van der Waals surface area contributed by atoms with Gasteiger partial charge in [0.05, 0.1) is 18.1 Å². The smallest absolute Gasteiger partial charge is 0.305 e. The normalized spacial score (nSPS) is 16.2. The Morgan fingerprint density at radius 2 is 2.12 bits per heavy atom. The molecular formula is C9H18N2O4S. The lowest BCUT2D eigenvalue weighted by atomic mass is 10.1. The first-order valence-electron chi connectivity index (χ1n) is 4.75. The van der Waals surface area contributed by atoms with Crippen LogP contribution in [0.25, 0.3) is 0 Å². The van der Waals surface area contributed by atoms with Gasteiger partial charge in [-0.1, -0.05) is 0 Å². The maximum atomic E-state index is 11.3. The summed E-state index contributed by atoms with van der Waals surface area (Å²) in [4.78, 5) is 21.6. The zero-order valence-electron chi connectivity index (χ0n) is 9.40. The predicted octanol–water partition coefficient (Wildman–Crippen LogP) is -0.981. The highest BCUT2D eigenvalue weighted by atomic mass is 32.2. The zero-order chi connectivity index (χ0) is 12.8. The van der Waals surface area contributed by atoms with Gasteiger partial charge in [-0.15, -0.1) is 0 Å². The van der Waals surface area contributed by atoms with Crippen LogP contribution in [0, 0.1) is 0 Å². The minimum Gasteiger partial charge on any atom is -0.481 e. The molecule has 0 aromatic rings. The molecule has 2 unspecified atom stereocenters. The molecule has 0 saturated carbocycles. The Morgan fingerprint density at radius 1 is 1.56 bits per heavy atom. The van der Waals surface area contributed by atoms with Gasteiger partial charge in [0.2, 0.25) is 5.91 Å². The molecule has 0 rings (SSSR count). The van der Waals surface area contributed by atoms with Crippen molar-refractivity contribution in [3.63, 3.8) is 0 Å². The number of aliphatic carboxylic acids is 1. The second-order valence-corrected chi connectivity index (χ2v) is 4.72. The van der Waals surface area contributed by atoms with Gasteiger partial charge >= 0.3 is 5.97 Å². The van der Waals surface area contributed by atoms with Gasteiger partial charge < -0.3 is 21.3 Å². The van der Waals surface area contributed by atoms with Crippen molar-refractivity contribution in [2.45, 2.75) is 25.0 Å². The van der Waals surface area contributed by atoms with E-state index in [2.05, 4.69) is 5.32 Å². The van der Waals surface area contributed by atoms with Gasteiger partial charge in [-0.25, -0.2) is 0 Å². The minimum atomic E-state index is -1.13. The molecule has 6 nitrogen and oxygen atoms in total. The quantitative estimate of drug-likeness (QED) is 0.462. The number of carboxylic acids is 1. The third-order valence-electron chi connectivity index (χ3n) is 1.83. The summed E-state index contributed by atoms with van der Waals surface area (Å²) in [5.74, 6) is -1.22. The molecule has 0 saturated heterocycles. The summed E-state index contributed by atoms with van der Waals surface area (Å²) in [6.45, 7) is 1.65. The van der Waals surface area contributed by atoms with Crippen molar-refractivity contribution >= 4 is 23.6 Å². The summed E-state index contributed by atoms with van der Waals surface area (Å²) in [5, 5.41) is 20.6. The Bertz CT molecular complexity index is 258. The molecule has 0 aliphatic heterocycles. The van der Waals surface area contributed by atoms with Gasteiger partial charge in [-0.05, 0) is 13.2 Å². The molecule has 0 aromatic heterocycles. The highest BCUT2D eigenvalue weighted by molar-refractivity contribution is 7.98. The number of carbonyl (C=O) groups is 2. The number of amides is 1. The van der Waals surface area contributed by atoms with Crippen LogP contribution in [0.15, 0.2) is 0 Å². The van der Waals surface area contributed by atoms with Crippen molar-refractivity contribution in [1.29, 1.82) is 0 Å². The Morgan fingerprint density at radius 3 is 2.56 bits per heavy atom. The predicted molar refractivity (Wildman–Crippen MR) is 62.2 cm³/mol. The summed E-state index contributed by atoms with van der Waals surface area (Å²) in [6, 6.07) is -1.08. The summed E-state index contributed by atoms with van der Waals surface area (Å²) in [5.41, 5.74) is 4.33. The molecule has 7 heteroatoms. The van der Waals surface area contributed by atoms with Crippen LogP contribution in [-0.4, -0.2) is 52.3 Å². The van der Waals surface area contributed by atoms with E-state index in [1.165, 1.54) is 11.8 Å². The maximum Gasteiger partial charge on any atom is 0.305 e. The molecule has 0 radical (unpaired) electrons. The highest BCUT2D eigenvalue weighted by Crippen LogP contribution is 2.08. The molecule has 94 valence electrons. The number of hydrogen-bond donors (Lipinski definition) is 4. The van der Waals surface area contributed by atoms with Crippen LogP contribution in [0.4, 0.5) is 0 Å². The lowest BCUT2D eigenvalue weighted by molar-refractivity contribution is -0.139. The molecule has 5 N–H and O–H groups in total. The maximum absolute atomic E-state index is 11.3. The number of carboxylic acid groups (broad SMARTS) is 1. The van der Waals surface area contributed by atoms with Crippen molar-refractivity contribution in [2.24, 2.45) is 5.73 Å². The fourth-order valence-electron chi connectivity index (χ4n) is 1.05. The van der Waals surface area contributed by atoms with Crippen LogP contribution in [0.1, 0.15) is 13.3 Å². The van der Waals surface area contributed by atoms with E-state index in [9.17, 15) is 14.7 Å². The lowest BCUT2D eigenvalue weighted by Crippen LogP contribution is -2.48. The summed E-state index contributed by atoms with van der Waals surface area (Å²) in [6.07, 6.45) is 1.42. The molecule has 2 atom stereocenters. The third kappa shape index (κ3) is 6.65. The van der Waals surface area contributed by atoms with Gasteiger partial charge in [0, 0.05) is 12.3 Å². The molecule has 0 aliphatic rings. The van der Waals surface area contributed by atoms with E-state index >= 15 is 0 Å². The Labute approximate surface area is 98.6 Å². The second kappa shape index (κ2) is 6.72. The number of hydrogen-bond acceptors (Lipinski definition) is 5. The molecule has 0 aliphatic carbocycles. The van der Waals surface area contributed by atoms with E-state index in [-0.39, 0.29) is 6.54 Å². The first-order valence-corrected chi connectivity index (χ1v) is 6.14. The van der Waals surface area contributed by atoms with E-state index in [0.29, 0.717) is 5.75 Å². The summed E-state index contributed by atoms with van der Waals surface area (Å²) >= 11 is 1.45. The van der Waals surface area contributed by atoms with Gasteiger partial charge in [-0.3, -0.25) is 9.59 Å². The van der Waals surface area contributed by atoms with E-state index in [1.807, 2.05) is 6.26 Å². The van der Waals surface area contributed by atoms with Gasteiger partial charge in [0.15, 0.2) is 0 Å². The minimum absolute atomic E-state index is 0.0555. The van der Waals surface area contributed by atoms with E-state index in [0.717, 1.165) is 0 Å². The number of nitrogens with two attached hydrogens (primary N) is 1. The van der Waals surface area contributed by atoms with E-state index in [1.54, 1.807) is 6.92 Å². The summed E-state index contributed by atoms with van der Waals surface area (Å²) in [7, 11) is 0. The molecule has 0 spiro atoms. The van der Waals surface area contributed by atoms with Crippen molar-refractivity contribution in [3.05, 3.63) is 0 Å². The fourth-order valence-corrected chi connectivity index (χ4v) is 1.78. The average molecular weight is 250 g/mol. The second-order valence-electron chi connectivity index (χ2n) is 3.85. The number of carbonyl (C=O) groups excluding carboxylic acids is 1. The van der Waals surface area contributed by atoms with Crippen LogP contribution in [0.3, 0.4) is 0 Å². The summed E-state index contributed by atoms with van der Waals surface area (Å²) < 4.78 is 0. The van der Waals surface area contributed by atoms with Crippen LogP contribution in [0.5, 0.6) is 0 Å². The van der Waals surface area contributed by atoms with Crippen molar-refractivity contribution in [3.8, 4) is 0 Å². The average Bonchev–Trinajstić information content (AvgIpc) is 2.13. The molecule has 0 bridgehead atoms. The van der Waals surface area contributed by atoms with Gasteiger partial charge in [0.25, 0.3) is 0 Å². The number of nitrogens with one attached hydrogen (secondary N) is 1. The Hall–Kier alpha value is -0.790. The molecular weight excluding hydrogens is 232 g/mol. The van der Waals surface area contributed by atoms with Crippen LogP contribution in [-0.2, 0) is 9.59 Å². The number of rotatable bonds is 7. The number of aliphatic hydroxyl groups is 1. The van der Waals surface area contributed by atoms with Crippen molar-refractivity contribution in [1.82, 2.24) is 5.32 Å². The molecule has 1 amide bonds. The topological polar surface area (TPSA) is 113 Å². The van der Waals surface area contributed by atoms with E-state index in [4.69, 9.17) is 10.8 Å². The first kappa shape index (κ1) is 15.2. The van der Waals surface area contributed by atoms with Crippen LogP contribution < -0.4 is 11.1 Å². The largest absolute Gasteiger partial charge is 0.481 e. The molecule has 0 heterocycles. The fraction of sp³-hybridized carbons (Fsp3) is 0.778. The molecule has 0 aromatic carbocycles. The van der Waals surface area contributed by atoms with Crippen LogP contribution in [0.2, 0.25) is 0 Å². The Balaban J connectivity index is 4.01. The zero-order valence-corrected chi connectivity index (χ0v) is 10.2. The first-order chi connectivity index (χ1) is 7.28. The lowest BCUT2D eigenvalue weighted by Gasteiger charge is -2.23.